The Labute approximate surface area is 131 Å². The number of anilines is 1. The van der Waals surface area contributed by atoms with Gasteiger partial charge in [0.1, 0.15) is 5.75 Å². The Kier molecular flexibility index (Phi) is 6.93. The lowest BCUT2D eigenvalue weighted by Gasteiger charge is -2.34. The molecular weight excluding hydrogens is 295 g/mol. The fourth-order valence-electron chi connectivity index (χ4n) is 2.61. The predicted octanol–water partition coefficient (Wildman–Crippen LogP) is 4.62. The molecule has 0 aromatic heterocycles. The number of nitrogens with one attached hydrogen (secondary N) is 2. The third kappa shape index (κ3) is 3.51. The molecule has 3 nitrogen and oxygen atoms in total. The van der Waals surface area contributed by atoms with Gasteiger partial charge in [-0.15, -0.1) is 0 Å². The highest BCUT2D eigenvalue weighted by Gasteiger charge is 2.30. The van der Waals surface area contributed by atoms with E-state index in [1.165, 1.54) is 6.07 Å². The van der Waals surface area contributed by atoms with Crippen LogP contribution >= 0.6 is 23.2 Å². The first-order valence-corrected chi connectivity index (χ1v) is 7.96. The lowest BCUT2D eigenvalue weighted by Crippen LogP contribution is -2.32. The zero-order chi connectivity index (χ0) is 15.3. The van der Waals surface area contributed by atoms with Gasteiger partial charge < -0.3 is 15.7 Å². The molecule has 1 heterocycles. The second kappa shape index (κ2) is 7.96. The maximum Gasteiger partial charge on any atom is 0.122 e. The third-order valence-electron chi connectivity index (χ3n) is 3.51. The van der Waals surface area contributed by atoms with E-state index >= 15 is 0 Å². The summed E-state index contributed by atoms with van der Waals surface area (Å²) in [4.78, 5) is 0. The Morgan fingerprint density at radius 2 is 2.05 bits per heavy atom. The molecule has 0 fully saturated rings. The molecule has 1 aromatic rings. The minimum Gasteiger partial charge on any atom is -0.508 e. The molecule has 1 aliphatic heterocycles. The molecule has 0 saturated heterocycles. The predicted molar refractivity (Wildman–Crippen MR) is 88.5 cm³/mol. The van der Waals surface area contributed by atoms with Crippen molar-refractivity contribution >= 4 is 28.9 Å². The fourth-order valence-corrected chi connectivity index (χ4v) is 3.01. The summed E-state index contributed by atoms with van der Waals surface area (Å²) >= 11 is 12.3. The van der Waals surface area contributed by atoms with Gasteiger partial charge in [-0.1, -0.05) is 44.0 Å². The molecule has 0 bridgehead atoms. The molecule has 2 unspecified atom stereocenters. The van der Waals surface area contributed by atoms with E-state index < -0.39 is 0 Å². The quantitative estimate of drug-likeness (QED) is 0.761. The molecule has 0 amide bonds. The zero-order valence-electron chi connectivity index (χ0n) is 12.6. The summed E-state index contributed by atoms with van der Waals surface area (Å²) in [6, 6.07) is 1.89. The first-order chi connectivity index (χ1) is 9.58. The van der Waals surface area contributed by atoms with Crippen LogP contribution in [-0.2, 0) is 0 Å². The van der Waals surface area contributed by atoms with E-state index in [9.17, 15) is 5.11 Å². The van der Waals surface area contributed by atoms with Crippen molar-refractivity contribution in [3.8, 4) is 5.75 Å². The molecule has 0 aliphatic carbocycles. The van der Waals surface area contributed by atoms with Crippen LogP contribution in [0.3, 0.4) is 0 Å². The Balaban J connectivity index is 0.000000956. The van der Waals surface area contributed by atoms with Gasteiger partial charge in [0, 0.05) is 30.1 Å². The number of rotatable bonds is 3. The summed E-state index contributed by atoms with van der Waals surface area (Å²) in [5.74, 6) is 0.479. The highest BCUT2D eigenvalue weighted by Crippen LogP contribution is 2.47. The topological polar surface area (TPSA) is 44.3 Å². The van der Waals surface area contributed by atoms with Gasteiger partial charge in [0.2, 0.25) is 0 Å². The molecule has 3 N–H and O–H groups in total. The zero-order valence-corrected chi connectivity index (χ0v) is 14.1. The molecular formula is C15H24Cl2N2O. The number of hydrogen-bond acceptors (Lipinski definition) is 3. The number of phenols is 1. The largest absolute Gasteiger partial charge is 0.508 e. The molecule has 20 heavy (non-hydrogen) atoms. The fraction of sp³-hybridized carbons (Fsp3) is 0.600. The van der Waals surface area contributed by atoms with Gasteiger partial charge in [-0.2, -0.15) is 0 Å². The van der Waals surface area contributed by atoms with Crippen LogP contribution in [0.25, 0.3) is 0 Å². The lowest BCUT2D eigenvalue weighted by atomic mass is 9.85. The second-order valence-electron chi connectivity index (χ2n) is 4.72. The number of likely N-dealkylation sites (N-methyl/N-ethyl adjacent to an activating group) is 1. The standard InChI is InChI=1S/C13H18Cl2N2O.C2H6/c1-3-8-4-7(6-16-2)11-10(18)5-9(14)12(15)13(11)17-8;1-2/h5,7-8,16-18H,3-4,6H2,1-2H3;1-2H3. The highest BCUT2D eigenvalue weighted by molar-refractivity contribution is 6.44. The van der Waals surface area contributed by atoms with Crippen LogP contribution in [0.1, 0.15) is 45.1 Å². The summed E-state index contributed by atoms with van der Waals surface area (Å²) in [7, 11) is 1.91. The van der Waals surface area contributed by atoms with Crippen LogP contribution in [0.2, 0.25) is 10.0 Å². The second-order valence-corrected chi connectivity index (χ2v) is 5.51. The third-order valence-corrected chi connectivity index (χ3v) is 4.29. The summed E-state index contributed by atoms with van der Waals surface area (Å²) in [6.45, 7) is 6.95. The smallest absolute Gasteiger partial charge is 0.122 e. The minimum atomic E-state index is 0.224. The Morgan fingerprint density at radius 3 is 2.60 bits per heavy atom. The van der Waals surface area contributed by atoms with Crippen LogP contribution in [0, 0.1) is 0 Å². The Morgan fingerprint density at radius 1 is 1.40 bits per heavy atom. The average molecular weight is 319 g/mol. The lowest BCUT2D eigenvalue weighted by molar-refractivity contribution is 0.439. The number of hydrogen-bond donors (Lipinski definition) is 3. The summed E-state index contributed by atoms with van der Waals surface area (Å²) in [5.41, 5.74) is 1.67. The number of benzene rings is 1. The van der Waals surface area contributed by atoms with Gasteiger partial charge in [-0.3, -0.25) is 0 Å². The van der Waals surface area contributed by atoms with Crippen molar-refractivity contribution in [1.82, 2.24) is 5.32 Å². The first-order valence-electron chi connectivity index (χ1n) is 7.20. The van der Waals surface area contributed by atoms with Gasteiger partial charge in [-0.05, 0) is 19.9 Å². The van der Waals surface area contributed by atoms with Crippen molar-refractivity contribution in [1.29, 1.82) is 0 Å². The monoisotopic (exact) mass is 318 g/mol. The highest BCUT2D eigenvalue weighted by atomic mass is 35.5. The van der Waals surface area contributed by atoms with E-state index in [2.05, 4.69) is 17.6 Å². The van der Waals surface area contributed by atoms with Gasteiger partial charge in [0.25, 0.3) is 0 Å². The number of halogens is 2. The molecule has 1 aliphatic rings. The molecule has 114 valence electrons. The maximum absolute atomic E-state index is 10.1. The molecule has 5 heteroatoms. The van der Waals surface area contributed by atoms with E-state index in [4.69, 9.17) is 23.2 Å². The van der Waals surface area contributed by atoms with Crippen molar-refractivity contribution in [2.45, 2.75) is 45.6 Å². The van der Waals surface area contributed by atoms with Gasteiger partial charge in [-0.25, -0.2) is 0 Å². The molecule has 0 saturated carbocycles. The molecule has 1 aromatic carbocycles. The van der Waals surface area contributed by atoms with Crippen molar-refractivity contribution < 1.29 is 5.11 Å². The summed E-state index contributed by atoms with van der Waals surface area (Å²) < 4.78 is 0. The normalized spacial score (nSPS) is 20.5. The number of phenolic OH excluding ortho intramolecular Hbond substituents is 1. The minimum absolute atomic E-state index is 0.224. The Hall–Kier alpha value is -0.640. The van der Waals surface area contributed by atoms with Crippen molar-refractivity contribution in [3.05, 3.63) is 21.7 Å². The van der Waals surface area contributed by atoms with Crippen LogP contribution in [0.5, 0.6) is 5.75 Å². The van der Waals surface area contributed by atoms with E-state index in [1.54, 1.807) is 0 Å². The summed E-state index contributed by atoms with van der Waals surface area (Å²) in [6.07, 6.45) is 2.00. The van der Waals surface area contributed by atoms with Crippen molar-refractivity contribution in [3.63, 3.8) is 0 Å². The van der Waals surface area contributed by atoms with Crippen molar-refractivity contribution in [2.24, 2.45) is 0 Å². The number of aromatic hydroxyl groups is 1. The Bertz CT molecular complexity index is 452. The van der Waals surface area contributed by atoms with Crippen LogP contribution in [0.15, 0.2) is 6.07 Å². The average Bonchev–Trinajstić information content (AvgIpc) is 2.46. The van der Waals surface area contributed by atoms with E-state index in [-0.39, 0.29) is 11.7 Å². The SMILES string of the molecule is CC.CCC1CC(CNC)c2c(O)cc(Cl)c(Cl)c2N1. The number of fused-ring (bicyclic) bond motifs is 1. The van der Waals surface area contributed by atoms with Gasteiger partial charge in [0.15, 0.2) is 0 Å². The van der Waals surface area contributed by atoms with Crippen molar-refractivity contribution in [2.75, 3.05) is 18.9 Å². The van der Waals surface area contributed by atoms with E-state index in [0.717, 1.165) is 30.6 Å². The van der Waals surface area contributed by atoms with Crippen LogP contribution in [-0.4, -0.2) is 24.7 Å². The summed E-state index contributed by atoms with van der Waals surface area (Å²) in [5, 5.41) is 17.5. The first kappa shape index (κ1) is 17.4. The molecule has 0 radical (unpaired) electrons. The van der Waals surface area contributed by atoms with Gasteiger partial charge >= 0.3 is 0 Å². The molecule has 2 rings (SSSR count). The van der Waals surface area contributed by atoms with Crippen LogP contribution in [0.4, 0.5) is 5.69 Å². The van der Waals surface area contributed by atoms with Gasteiger partial charge in [0.05, 0.1) is 15.7 Å². The molecule has 0 spiro atoms. The van der Waals surface area contributed by atoms with E-state index in [0.29, 0.717) is 16.1 Å². The maximum atomic E-state index is 10.1. The molecule has 2 atom stereocenters. The van der Waals surface area contributed by atoms with E-state index in [1.807, 2.05) is 20.9 Å². The van der Waals surface area contributed by atoms with Crippen LogP contribution < -0.4 is 10.6 Å².